The molecule has 0 radical (unpaired) electrons. The van der Waals surface area contributed by atoms with Crippen LogP contribution in [-0.2, 0) is 9.47 Å². The molecule has 0 amide bonds. The van der Waals surface area contributed by atoms with Gasteiger partial charge in [0.05, 0.1) is 0 Å². The number of aliphatic imine (C=N–C) groups is 1. The molecule has 0 saturated heterocycles. The molecule has 0 aliphatic heterocycles. The van der Waals surface area contributed by atoms with Crippen molar-refractivity contribution in [2.75, 3.05) is 47.1 Å². The summed E-state index contributed by atoms with van der Waals surface area (Å²) in [5, 5.41) is 6.91. The summed E-state index contributed by atoms with van der Waals surface area (Å²) in [6, 6.07) is 0. The maximum absolute atomic E-state index is 5.35. The fourth-order valence-corrected chi connectivity index (χ4v) is 3.13. The number of methoxy groups -OCH3 is 1. The maximum atomic E-state index is 5.35. The molecule has 0 bridgehead atoms. The van der Waals surface area contributed by atoms with Gasteiger partial charge >= 0.3 is 0 Å². The minimum atomic E-state index is 0.391. The number of rotatable bonds is 11. The van der Waals surface area contributed by atoms with Crippen molar-refractivity contribution in [2.45, 2.75) is 51.9 Å². The Morgan fingerprint density at radius 2 is 1.91 bits per heavy atom. The van der Waals surface area contributed by atoms with Gasteiger partial charge in [0, 0.05) is 47.1 Å². The molecule has 1 rings (SSSR count). The van der Waals surface area contributed by atoms with Crippen LogP contribution >= 0.6 is 0 Å². The average molecular weight is 313 g/mol. The lowest BCUT2D eigenvalue weighted by atomic mass is 9.83. The van der Waals surface area contributed by atoms with E-state index in [4.69, 9.17) is 9.47 Å². The predicted molar refractivity (Wildman–Crippen MR) is 92.5 cm³/mol. The second-order valence-electron chi connectivity index (χ2n) is 6.21. The summed E-state index contributed by atoms with van der Waals surface area (Å²) < 4.78 is 10.6. The van der Waals surface area contributed by atoms with Gasteiger partial charge in [-0.2, -0.15) is 0 Å². The van der Waals surface area contributed by atoms with Gasteiger partial charge in [-0.25, -0.2) is 0 Å². The van der Waals surface area contributed by atoms with Gasteiger partial charge in [0.15, 0.2) is 5.96 Å². The molecule has 0 aromatic carbocycles. The number of guanidine groups is 1. The van der Waals surface area contributed by atoms with Crippen molar-refractivity contribution < 1.29 is 9.47 Å². The molecule has 1 aliphatic rings. The Morgan fingerprint density at radius 1 is 1.14 bits per heavy atom. The van der Waals surface area contributed by atoms with E-state index in [0.29, 0.717) is 5.41 Å². The Hall–Kier alpha value is -0.810. The lowest BCUT2D eigenvalue weighted by Gasteiger charge is -2.30. The second kappa shape index (κ2) is 11.7. The van der Waals surface area contributed by atoms with Gasteiger partial charge in [0.25, 0.3) is 0 Å². The zero-order chi connectivity index (χ0) is 16.1. The van der Waals surface area contributed by atoms with Gasteiger partial charge in [0.2, 0.25) is 0 Å². The van der Waals surface area contributed by atoms with Crippen molar-refractivity contribution in [3.05, 3.63) is 0 Å². The van der Waals surface area contributed by atoms with E-state index in [1.807, 2.05) is 14.0 Å². The third-order valence-electron chi connectivity index (χ3n) is 4.57. The van der Waals surface area contributed by atoms with Crippen LogP contribution in [0.4, 0.5) is 0 Å². The third-order valence-corrected chi connectivity index (χ3v) is 4.57. The van der Waals surface area contributed by atoms with Crippen molar-refractivity contribution in [2.24, 2.45) is 10.4 Å². The highest BCUT2D eigenvalue weighted by atomic mass is 16.5. The lowest BCUT2D eigenvalue weighted by molar-refractivity contribution is 0.138. The topological polar surface area (TPSA) is 54.9 Å². The van der Waals surface area contributed by atoms with E-state index in [1.54, 1.807) is 7.11 Å². The van der Waals surface area contributed by atoms with Crippen LogP contribution in [0.3, 0.4) is 0 Å². The number of nitrogens with one attached hydrogen (secondary N) is 2. The molecule has 0 spiro atoms. The summed E-state index contributed by atoms with van der Waals surface area (Å²) in [6.45, 7) is 6.48. The molecular weight excluding hydrogens is 278 g/mol. The van der Waals surface area contributed by atoms with Gasteiger partial charge in [-0.15, -0.1) is 0 Å². The third kappa shape index (κ3) is 7.45. The van der Waals surface area contributed by atoms with Crippen molar-refractivity contribution in [1.82, 2.24) is 10.6 Å². The predicted octanol–water partition coefficient (Wildman–Crippen LogP) is 2.57. The number of hydrogen-bond acceptors (Lipinski definition) is 3. The first-order valence-electron chi connectivity index (χ1n) is 8.77. The van der Waals surface area contributed by atoms with Gasteiger partial charge in [-0.3, -0.25) is 4.99 Å². The van der Waals surface area contributed by atoms with Gasteiger partial charge < -0.3 is 20.1 Å². The van der Waals surface area contributed by atoms with Gasteiger partial charge in [-0.05, 0) is 44.4 Å². The molecule has 5 heteroatoms. The van der Waals surface area contributed by atoms with Crippen LogP contribution in [0.25, 0.3) is 0 Å². The summed E-state index contributed by atoms with van der Waals surface area (Å²) in [5.41, 5.74) is 0.391. The summed E-state index contributed by atoms with van der Waals surface area (Å²) in [7, 11) is 3.63. The standard InChI is InChI=1S/C17H35N3O2/c1-4-22-13-8-7-12-19-16(18-2)20-15-17(11-14-21-3)9-5-6-10-17/h4-15H2,1-3H3,(H2,18,19,20). The Bertz CT molecular complexity index is 302. The first-order valence-corrected chi connectivity index (χ1v) is 8.77. The maximum Gasteiger partial charge on any atom is 0.190 e. The van der Waals surface area contributed by atoms with E-state index in [9.17, 15) is 0 Å². The SMILES string of the molecule is CCOCCCCNC(=NC)NCC1(CCOC)CCCC1. The van der Waals surface area contributed by atoms with E-state index in [2.05, 4.69) is 15.6 Å². The fourth-order valence-electron chi connectivity index (χ4n) is 3.13. The quantitative estimate of drug-likeness (QED) is 0.350. The minimum absolute atomic E-state index is 0.391. The first-order chi connectivity index (χ1) is 10.8. The second-order valence-corrected chi connectivity index (χ2v) is 6.21. The molecule has 0 atom stereocenters. The minimum Gasteiger partial charge on any atom is -0.385 e. The van der Waals surface area contributed by atoms with Crippen LogP contribution in [0.5, 0.6) is 0 Å². The molecule has 1 aliphatic carbocycles. The summed E-state index contributed by atoms with van der Waals surface area (Å²) in [5.74, 6) is 0.917. The van der Waals surface area contributed by atoms with E-state index >= 15 is 0 Å². The normalized spacial score (nSPS) is 17.7. The van der Waals surface area contributed by atoms with Crippen LogP contribution in [0.15, 0.2) is 4.99 Å². The number of unbranched alkanes of at least 4 members (excludes halogenated alkanes) is 1. The molecular formula is C17H35N3O2. The molecule has 1 saturated carbocycles. The van der Waals surface area contributed by atoms with Crippen molar-refractivity contribution in [3.63, 3.8) is 0 Å². The van der Waals surface area contributed by atoms with Crippen molar-refractivity contribution in [1.29, 1.82) is 0 Å². The van der Waals surface area contributed by atoms with Gasteiger partial charge in [-0.1, -0.05) is 12.8 Å². The zero-order valence-electron chi connectivity index (χ0n) is 14.7. The largest absolute Gasteiger partial charge is 0.385 e. The number of nitrogens with zero attached hydrogens (tertiary/aromatic N) is 1. The smallest absolute Gasteiger partial charge is 0.190 e. The Morgan fingerprint density at radius 3 is 2.55 bits per heavy atom. The van der Waals surface area contributed by atoms with Crippen LogP contribution < -0.4 is 10.6 Å². The fraction of sp³-hybridized carbons (Fsp3) is 0.941. The molecule has 5 nitrogen and oxygen atoms in total. The zero-order valence-corrected chi connectivity index (χ0v) is 14.7. The number of ether oxygens (including phenoxy) is 2. The van der Waals surface area contributed by atoms with E-state index < -0.39 is 0 Å². The van der Waals surface area contributed by atoms with E-state index in [1.165, 1.54) is 25.7 Å². The van der Waals surface area contributed by atoms with Crippen LogP contribution in [-0.4, -0.2) is 53.0 Å². The Balaban J connectivity index is 2.24. The Labute approximate surface area is 136 Å². The van der Waals surface area contributed by atoms with Crippen LogP contribution in [0.1, 0.15) is 51.9 Å². The molecule has 0 heterocycles. The highest BCUT2D eigenvalue weighted by molar-refractivity contribution is 5.79. The first kappa shape index (κ1) is 19.2. The van der Waals surface area contributed by atoms with E-state index in [-0.39, 0.29) is 0 Å². The highest BCUT2D eigenvalue weighted by Crippen LogP contribution is 2.40. The monoisotopic (exact) mass is 313 g/mol. The van der Waals surface area contributed by atoms with Crippen LogP contribution in [0.2, 0.25) is 0 Å². The molecule has 2 N–H and O–H groups in total. The Kier molecular flexibility index (Phi) is 10.2. The molecule has 1 fully saturated rings. The van der Waals surface area contributed by atoms with Crippen molar-refractivity contribution in [3.8, 4) is 0 Å². The average Bonchev–Trinajstić information content (AvgIpc) is 3.01. The molecule has 0 unspecified atom stereocenters. The molecule has 130 valence electrons. The lowest BCUT2D eigenvalue weighted by Crippen LogP contribution is -2.43. The molecule has 0 aromatic heterocycles. The number of hydrogen-bond donors (Lipinski definition) is 2. The van der Waals surface area contributed by atoms with Gasteiger partial charge in [0.1, 0.15) is 0 Å². The summed E-state index contributed by atoms with van der Waals surface area (Å²) in [4.78, 5) is 4.33. The highest BCUT2D eigenvalue weighted by Gasteiger charge is 2.33. The molecule has 22 heavy (non-hydrogen) atoms. The van der Waals surface area contributed by atoms with E-state index in [0.717, 1.165) is 58.1 Å². The summed E-state index contributed by atoms with van der Waals surface area (Å²) >= 11 is 0. The van der Waals surface area contributed by atoms with Crippen LogP contribution in [0, 0.1) is 5.41 Å². The molecule has 0 aromatic rings. The van der Waals surface area contributed by atoms with Crippen molar-refractivity contribution >= 4 is 5.96 Å². The summed E-state index contributed by atoms with van der Waals surface area (Å²) in [6.07, 6.45) is 8.63.